The average molecular weight is 559 g/mol. The Morgan fingerprint density at radius 3 is 2.00 bits per heavy atom. The van der Waals surface area contributed by atoms with Crippen LogP contribution in [0, 0.1) is 0 Å². The second-order valence-electron chi connectivity index (χ2n) is 8.47. The van der Waals surface area contributed by atoms with Crippen LogP contribution >= 0.6 is 7.82 Å². The maximum Gasteiger partial charge on any atom is 0.525 e. The van der Waals surface area contributed by atoms with Crippen LogP contribution in [0.25, 0.3) is 0 Å². The molecular formula is C26H39O11P. The van der Waals surface area contributed by atoms with E-state index >= 15 is 0 Å². The summed E-state index contributed by atoms with van der Waals surface area (Å²) >= 11 is 0. The van der Waals surface area contributed by atoms with Gasteiger partial charge >= 0.3 is 19.8 Å². The molecule has 38 heavy (non-hydrogen) atoms. The van der Waals surface area contributed by atoms with E-state index in [0.717, 1.165) is 25.7 Å². The molecule has 11 nitrogen and oxygen atoms in total. The number of phosphoric acid groups is 1. The largest absolute Gasteiger partial charge is 0.525 e. The van der Waals surface area contributed by atoms with E-state index in [4.69, 9.17) is 9.79 Å². The lowest BCUT2D eigenvalue weighted by molar-refractivity contribution is -0.200. The van der Waals surface area contributed by atoms with E-state index in [0.29, 0.717) is 12.8 Å². The van der Waals surface area contributed by atoms with Crippen molar-refractivity contribution in [2.24, 2.45) is 0 Å². The van der Waals surface area contributed by atoms with Gasteiger partial charge in [0.2, 0.25) is 6.29 Å². The van der Waals surface area contributed by atoms with Gasteiger partial charge in [-0.05, 0) is 44.9 Å². The number of hydrogen-bond acceptors (Lipinski definition) is 9. The zero-order valence-corrected chi connectivity index (χ0v) is 22.4. The lowest BCUT2D eigenvalue weighted by Crippen LogP contribution is -2.41. The van der Waals surface area contributed by atoms with Crippen LogP contribution in [0.5, 0.6) is 0 Å². The third-order valence-corrected chi connectivity index (χ3v) is 5.62. The predicted molar refractivity (Wildman–Crippen MR) is 139 cm³/mol. The highest BCUT2D eigenvalue weighted by molar-refractivity contribution is 7.46. The number of esters is 2. The van der Waals surface area contributed by atoms with Gasteiger partial charge < -0.3 is 29.3 Å². The molecule has 0 bridgehead atoms. The SMILES string of the molecule is CCCCC/C=C\C/C=C\C/C=C\C/C=C\CCCC(=O)OC(O)[C@H](O)[C@H]1OC(=O)C(OP(=O)(O)O)=C1O. The standard InChI is InChI=1S/C26H39O11P/c1-2-3-4-5-6-7-8-9-10-11-12-13-14-15-16-17-18-19-20(27)35-25(30)22(29)23-21(28)24(26(31)36-23)37-38(32,33)34/h6-7,9-10,12-13,15-16,22-23,25,28-30H,2-5,8,11,14,17-19H2,1H3,(H2,32,33,34)/b7-6-,10-9-,13-12-,16-15-/t22-,23+,25?/m1/s1. The molecule has 1 rings (SSSR count). The van der Waals surface area contributed by atoms with Crippen LogP contribution in [-0.4, -0.2) is 55.5 Å². The van der Waals surface area contributed by atoms with Crippen molar-refractivity contribution in [3.63, 3.8) is 0 Å². The second-order valence-corrected chi connectivity index (χ2v) is 9.64. The molecule has 0 saturated heterocycles. The van der Waals surface area contributed by atoms with Crippen molar-refractivity contribution in [1.82, 2.24) is 0 Å². The summed E-state index contributed by atoms with van der Waals surface area (Å²) in [6.07, 6.45) is 18.9. The van der Waals surface area contributed by atoms with Gasteiger partial charge in [0, 0.05) is 6.42 Å². The third kappa shape index (κ3) is 14.3. The molecule has 0 radical (unpaired) electrons. The number of rotatable bonds is 19. The van der Waals surface area contributed by atoms with Gasteiger partial charge in [0.25, 0.3) is 5.76 Å². The van der Waals surface area contributed by atoms with Crippen molar-refractivity contribution in [3.05, 3.63) is 60.1 Å². The van der Waals surface area contributed by atoms with E-state index in [9.17, 15) is 29.5 Å². The minimum absolute atomic E-state index is 0.0688. The second kappa shape index (κ2) is 18.5. The van der Waals surface area contributed by atoms with Crippen LogP contribution in [0.15, 0.2) is 60.1 Å². The summed E-state index contributed by atoms with van der Waals surface area (Å²) in [5.74, 6) is -4.67. The van der Waals surface area contributed by atoms with Gasteiger partial charge in [-0.15, -0.1) is 0 Å². The monoisotopic (exact) mass is 558 g/mol. The number of phosphoric ester groups is 1. The normalized spacial score (nSPS) is 18.2. The third-order valence-electron chi connectivity index (χ3n) is 5.20. The molecule has 1 heterocycles. The fourth-order valence-corrected chi connectivity index (χ4v) is 3.64. The van der Waals surface area contributed by atoms with Gasteiger partial charge in [-0.25, -0.2) is 9.36 Å². The van der Waals surface area contributed by atoms with Gasteiger partial charge in [0.15, 0.2) is 18.0 Å². The van der Waals surface area contributed by atoms with Crippen LogP contribution in [0.2, 0.25) is 0 Å². The molecule has 0 spiro atoms. The number of carbonyl (C=O) groups is 2. The molecule has 0 aromatic rings. The van der Waals surface area contributed by atoms with Crippen molar-refractivity contribution < 1.29 is 53.3 Å². The van der Waals surface area contributed by atoms with Gasteiger partial charge in [-0.2, -0.15) is 0 Å². The van der Waals surface area contributed by atoms with Crippen LogP contribution in [0.3, 0.4) is 0 Å². The predicted octanol–water partition coefficient (Wildman–Crippen LogP) is 4.16. The van der Waals surface area contributed by atoms with Gasteiger partial charge in [-0.1, -0.05) is 68.4 Å². The zero-order valence-electron chi connectivity index (χ0n) is 21.6. The summed E-state index contributed by atoms with van der Waals surface area (Å²) in [4.78, 5) is 41.0. The quantitative estimate of drug-likeness (QED) is 0.0505. The fraction of sp³-hybridized carbons (Fsp3) is 0.538. The molecule has 214 valence electrons. The molecule has 0 aromatic heterocycles. The van der Waals surface area contributed by atoms with E-state index in [1.54, 1.807) is 0 Å². The number of aliphatic hydroxyl groups is 3. The topological polar surface area (TPSA) is 180 Å². The summed E-state index contributed by atoms with van der Waals surface area (Å²) < 4.78 is 24.1. The van der Waals surface area contributed by atoms with Crippen molar-refractivity contribution in [3.8, 4) is 0 Å². The Morgan fingerprint density at radius 1 is 0.947 bits per heavy atom. The van der Waals surface area contributed by atoms with Crippen LogP contribution in [0.1, 0.15) is 71.1 Å². The average Bonchev–Trinajstić information content (AvgIpc) is 3.12. The first-order valence-electron chi connectivity index (χ1n) is 12.6. The first-order valence-corrected chi connectivity index (χ1v) is 14.1. The number of cyclic esters (lactones) is 1. The summed E-state index contributed by atoms with van der Waals surface area (Å²) in [5, 5.41) is 29.7. The van der Waals surface area contributed by atoms with E-state index in [1.165, 1.54) is 19.3 Å². The molecule has 1 unspecified atom stereocenters. The maximum absolute atomic E-state index is 11.9. The van der Waals surface area contributed by atoms with Crippen molar-refractivity contribution in [2.45, 2.75) is 89.6 Å². The number of ether oxygens (including phenoxy) is 2. The number of hydrogen-bond donors (Lipinski definition) is 5. The lowest BCUT2D eigenvalue weighted by Gasteiger charge is -2.22. The van der Waals surface area contributed by atoms with Crippen molar-refractivity contribution in [1.29, 1.82) is 0 Å². The summed E-state index contributed by atoms with van der Waals surface area (Å²) in [5.41, 5.74) is 0. The lowest BCUT2D eigenvalue weighted by atomic mass is 10.1. The molecule has 0 aromatic carbocycles. The molecule has 1 aliphatic rings. The number of allylic oxidation sites excluding steroid dienone is 8. The zero-order chi connectivity index (χ0) is 28.4. The Labute approximate surface area is 223 Å². The maximum atomic E-state index is 11.9. The highest BCUT2D eigenvalue weighted by Crippen LogP contribution is 2.42. The van der Waals surface area contributed by atoms with Crippen LogP contribution in [0.4, 0.5) is 0 Å². The Hall–Kier alpha value is -2.69. The van der Waals surface area contributed by atoms with Gasteiger partial charge in [0.1, 0.15) is 0 Å². The fourth-order valence-electron chi connectivity index (χ4n) is 3.23. The minimum Gasteiger partial charge on any atom is -0.505 e. The molecule has 1 aliphatic heterocycles. The van der Waals surface area contributed by atoms with Crippen LogP contribution in [-0.2, 0) is 28.2 Å². The Kier molecular flexibility index (Phi) is 16.3. The van der Waals surface area contributed by atoms with E-state index in [1.807, 2.05) is 18.2 Å². The van der Waals surface area contributed by atoms with E-state index in [2.05, 4.69) is 51.3 Å². The highest BCUT2D eigenvalue weighted by Gasteiger charge is 2.46. The molecule has 0 aliphatic carbocycles. The summed E-state index contributed by atoms with van der Waals surface area (Å²) in [6, 6.07) is 0. The van der Waals surface area contributed by atoms with Gasteiger partial charge in [-0.3, -0.25) is 14.6 Å². The molecule has 3 atom stereocenters. The van der Waals surface area contributed by atoms with Gasteiger partial charge in [0.05, 0.1) is 0 Å². The molecule has 0 fully saturated rings. The van der Waals surface area contributed by atoms with E-state index in [-0.39, 0.29) is 6.42 Å². The smallest absolute Gasteiger partial charge is 0.505 e. The number of unbranched alkanes of at least 4 members (excludes halogenated alkanes) is 4. The molecule has 0 amide bonds. The van der Waals surface area contributed by atoms with Crippen LogP contribution < -0.4 is 0 Å². The first-order chi connectivity index (χ1) is 18.1. The molecule has 5 N–H and O–H groups in total. The number of aliphatic hydroxyl groups excluding tert-OH is 3. The Morgan fingerprint density at radius 2 is 1.47 bits per heavy atom. The number of carbonyl (C=O) groups excluding carboxylic acids is 2. The minimum atomic E-state index is -5.19. The van der Waals surface area contributed by atoms with E-state index < -0.39 is 49.8 Å². The molecule has 0 saturated carbocycles. The van der Waals surface area contributed by atoms with Crippen molar-refractivity contribution >= 4 is 19.8 Å². The Balaban J connectivity index is 2.22. The Bertz CT molecular complexity index is 929. The highest BCUT2D eigenvalue weighted by atomic mass is 31.2. The molecule has 12 heteroatoms. The van der Waals surface area contributed by atoms with Crippen molar-refractivity contribution in [2.75, 3.05) is 0 Å². The molecular weight excluding hydrogens is 519 g/mol. The summed E-state index contributed by atoms with van der Waals surface area (Å²) in [7, 11) is -5.19. The summed E-state index contributed by atoms with van der Waals surface area (Å²) in [6.45, 7) is 2.20. The first kappa shape index (κ1) is 33.3.